The summed E-state index contributed by atoms with van der Waals surface area (Å²) in [7, 11) is 0. The number of nitrogens with zero attached hydrogens (tertiary/aromatic N) is 2. The zero-order valence-electron chi connectivity index (χ0n) is 15.7. The molecule has 4 aromatic rings. The van der Waals surface area contributed by atoms with Gasteiger partial charge in [0.05, 0.1) is 0 Å². The number of amides is 1. The Labute approximate surface area is 159 Å². The van der Waals surface area contributed by atoms with E-state index in [9.17, 15) is 0 Å². The van der Waals surface area contributed by atoms with Crippen molar-refractivity contribution < 1.29 is 9.36 Å². The van der Waals surface area contributed by atoms with Crippen molar-refractivity contribution in [1.29, 1.82) is 0 Å². The summed E-state index contributed by atoms with van der Waals surface area (Å²) in [4.78, 5) is 13.5. The number of carbonyl (C=O) groups excluding carboxylic acids is 1. The predicted octanol–water partition coefficient (Wildman–Crippen LogP) is 3.89. The largest absolute Gasteiger partial charge is 0.372 e. The maximum Gasteiger partial charge on any atom is 0.241 e. The SMILES string of the molecule is CCc1ccc2nc3ccccc3[n+](-c3ccccc3)c2c1CC.NC=O. The van der Waals surface area contributed by atoms with Crippen LogP contribution in [0.25, 0.3) is 27.8 Å². The molecule has 0 bridgehead atoms. The van der Waals surface area contributed by atoms with Gasteiger partial charge >= 0.3 is 0 Å². The van der Waals surface area contributed by atoms with Gasteiger partial charge in [0.1, 0.15) is 11.0 Å². The van der Waals surface area contributed by atoms with Crippen molar-refractivity contribution in [2.24, 2.45) is 5.73 Å². The van der Waals surface area contributed by atoms with Crippen LogP contribution in [0.1, 0.15) is 25.0 Å². The first-order valence-corrected chi connectivity index (χ1v) is 9.21. The molecule has 0 fully saturated rings. The molecule has 0 aliphatic carbocycles. The average Bonchev–Trinajstić information content (AvgIpc) is 2.72. The number of hydrogen-bond donors (Lipinski definition) is 1. The molecule has 0 aliphatic heterocycles. The van der Waals surface area contributed by atoms with Crippen molar-refractivity contribution in [2.45, 2.75) is 26.7 Å². The molecule has 0 spiro atoms. The van der Waals surface area contributed by atoms with E-state index in [1.165, 1.54) is 22.3 Å². The summed E-state index contributed by atoms with van der Waals surface area (Å²) in [5.74, 6) is 0. The van der Waals surface area contributed by atoms with Gasteiger partial charge < -0.3 is 5.73 Å². The molecule has 3 aromatic carbocycles. The van der Waals surface area contributed by atoms with Gasteiger partial charge in [-0.1, -0.05) is 50.2 Å². The molecule has 4 nitrogen and oxygen atoms in total. The lowest BCUT2D eigenvalue weighted by Gasteiger charge is -2.11. The molecular weight excluding hydrogens is 334 g/mol. The molecule has 0 saturated heterocycles. The van der Waals surface area contributed by atoms with Crippen LogP contribution in [0.15, 0.2) is 66.7 Å². The molecule has 1 aromatic heterocycles. The van der Waals surface area contributed by atoms with Crippen LogP contribution >= 0.6 is 0 Å². The molecular formula is C23H24N3O+. The third kappa shape index (κ3) is 3.51. The van der Waals surface area contributed by atoms with Gasteiger partial charge in [-0.2, -0.15) is 0 Å². The molecule has 0 unspecified atom stereocenters. The number of carbonyl (C=O) groups is 1. The van der Waals surface area contributed by atoms with Gasteiger partial charge in [-0.15, -0.1) is 4.57 Å². The number of benzene rings is 3. The second-order valence-corrected chi connectivity index (χ2v) is 6.19. The smallest absolute Gasteiger partial charge is 0.241 e. The summed E-state index contributed by atoms with van der Waals surface area (Å²) in [6.45, 7) is 4.46. The lowest BCUT2D eigenvalue weighted by molar-refractivity contribution is -0.538. The van der Waals surface area contributed by atoms with E-state index in [4.69, 9.17) is 9.78 Å². The highest BCUT2D eigenvalue weighted by atomic mass is 16.1. The van der Waals surface area contributed by atoms with E-state index in [1.54, 1.807) is 0 Å². The minimum absolute atomic E-state index is 0.250. The molecule has 4 heteroatoms. The van der Waals surface area contributed by atoms with Gasteiger partial charge in [0, 0.05) is 23.8 Å². The van der Waals surface area contributed by atoms with Crippen molar-refractivity contribution in [1.82, 2.24) is 4.98 Å². The van der Waals surface area contributed by atoms with E-state index < -0.39 is 0 Å². The normalized spacial score (nSPS) is 10.4. The van der Waals surface area contributed by atoms with Gasteiger partial charge in [-0.05, 0) is 30.5 Å². The monoisotopic (exact) mass is 358 g/mol. The third-order valence-corrected chi connectivity index (χ3v) is 4.69. The highest BCUT2D eigenvalue weighted by Gasteiger charge is 2.22. The number of para-hydroxylation sites is 3. The highest BCUT2D eigenvalue weighted by molar-refractivity contribution is 5.84. The molecule has 0 saturated carbocycles. The molecule has 0 radical (unpaired) electrons. The molecule has 1 heterocycles. The van der Waals surface area contributed by atoms with Crippen molar-refractivity contribution >= 4 is 28.5 Å². The number of primary amides is 1. The Morgan fingerprint density at radius 3 is 2.22 bits per heavy atom. The zero-order valence-corrected chi connectivity index (χ0v) is 15.7. The summed E-state index contributed by atoms with van der Waals surface area (Å²) < 4.78 is 2.37. The first-order chi connectivity index (χ1) is 13.2. The molecule has 0 aliphatic rings. The minimum atomic E-state index is 0.250. The van der Waals surface area contributed by atoms with E-state index in [1.807, 2.05) is 0 Å². The number of aromatic nitrogens is 2. The van der Waals surface area contributed by atoms with Crippen LogP contribution in [0.3, 0.4) is 0 Å². The van der Waals surface area contributed by atoms with Crippen LogP contribution in [0.5, 0.6) is 0 Å². The topological polar surface area (TPSA) is 59.9 Å². The van der Waals surface area contributed by atoms with Crippen LogP contribution in [0, 0.1) is 0 Å². The summed E-state index contributed by atoms with van der Waals surface area (Å²) in [5, 5.41) is 0. The fourth-order valence-electron chi connectivity index (χ4n) is 3.57. The van der Waals surface area contributed by atoms with Gasteiger partial charge in [0.15, 0.2) is 0 Å². The summed E-state index contributed by atoms with van der Waals surface area (Å²) in [6.07, 6.45) is 2.30. The van der Waals surface area contributed by atoms with Gasteiger partial charge in [-0.25, -0.2) is 4.98 Å². The Balaban J connectivity index is 0.000000659. The number of aryl methyl sites for hydroxylation is 2. The molecule has 1 amide bonds. The lowest BCUT2D eigenvalue weighted by atomic mass is 10.00. The first kappa shape index (κ1) is 18.5. The van der Waals surface area contributed by atoms with Crippen molar-refractivity contribution in [3.05, 3.63) is 77.9 Å². The summed E-state index contributed by atoms with van der Waals surface area (Å²) >= 11 is 0. The molecule has 2 N–H and O–H groups in total. The van der Waals surface area contributed by atoms with E-state index in [-0.39, 0.29) is 6.41 Å². The Hall–Kier alpha value is -3.27. The average molecular weight is 358 g/mol. The van der Waals surface area contributed by atoms with E-state index in [0.29, 0.717) is 0 Å². The fraction of sp³-hybridized carbons (Fsp3) is 0.174. The van der Waals surface area contributed by atoms with Crippen LogP contribution in [-0.2, 0) is 17.6 Å². The maximum atomic E-state index is 8.58. The highest BCUT2D eigenvalue weighted by Crippen LogP contribution is 2.24. The Bertz CT molecular complexity index is 1080. The van der Waals surface area contributed by atoms with Gasteiger partial charge in [-0.3, -0.25) is 4.79 Å². The third-order valence-electron chi connectivity index (χ3n) is 4.69. The van der Waals surface area contributed by atoms with Crippen LogP contribution < -0.4 is 10.3 Å². The van der Waals surface area contributed by atoms with E-state index in [2.05, 4.69) is 90.9 Å². The number of hydrogen-bond acceptors (Lipinski definition) is 2. The standard InChI is InChI=1S/C22H21N2.CH3NO/c1-3-16-14-15-20-22(18(16)4-2)24(17-10-6-5-7-11-17)21-13-9-8-12-19(21)23-20;2-1-3/h5-15H,3-4H2,1-2H3;1H,(H2,2,3)/q+1;. The van der Waals surface area contributed by atoms with Crippen molar-refractivity contribution in [3.8, 4) is 5.69 Å². The summed E-state index contributed by atoms with van der Waals surface area (Å²) in [5.41, 5.74) is 12.6. The summed E-state index contributed by atoms with van der Waals surface area (Å²) in [6, 6.07) is 23.4. The first-order valence-electron chi connectivity index (χ1n) is 9.21. The quantitative estimate of drug-likeness (QED) is 0.343. The fourth-order valence-corrected chi connectivity index (χ4v) is 3.57. The Morgan fingerprint density at radius 1 is 0.889 bits per heavy atom. The van der Waals surface area contributed by atoms with Gasteiger partial charge in [0.25, 0.3) is 0 Å². The van der Waals surface area contributed by atoms with E-state index in [0.717, 1.165) is 29.4 Å². The molecule has 27 heavy (non-hydrogen) atoms. The minimum Gasteiger partial charge on any atom is -0.372 e. The number of rotatable bonds is 3. The molecule has 136 valence electrons. The second-order valence-electron chi connectivity index (χ2n) is 6.19. The van der Waals surface area contributed by atoms with Crippen molar-refractivity contribution in [2.75, 3.05) is 0 Å². The van der Waals surface area contributed by atoms with E-state index >= 15 is 0 Å². The lowest BCUT2D eigenvalue weighted by Crippen LogP contribution is -2.34. The van der Waals surface area contributed by atoms with Gasteiger partial charge in [0.2, 0.25) is 23.1 Å². The van der Waals surface area contributed by atoms with Crippen LogP contribution in [0.4, 0.5) is 0 Å². The Kier molecular flexibility index (Phi) is 5.77. The van der Waals surface area contributed by atoms with Crippen molar-refractivity contribution in [3.63, 3.8) is 0 Å². The number of nitrogens with two attached hydrogens (primary N) is 1. The predicted molar refractivity (Wildman–Crippen MR) is 110 cm³/mol. The number of fused-ring (bicyclic) bond motifs is 2. The zero-order chi connectivity index (χ0) is 19.2. The molecule has 0 atom stereocenters. The Morgan fingerprint density at radius 2 is 1.56 bits per heavy atom. The maximum absolute atomic E-state index is 8.58. The molecule has 4 rings (SSSR count). The van der Waals surface area contributed by atoms with Crippen LogP contribution in [0.2, 0.25) is 0 Å². The second kappa shape index (κ2) is 8.41. The van der Waals surface area contributed by atoms with Crippen LogP contribution in [-0.4, -0.2) is 11.4 Å².